The van der Waals surface area contributed by atoms with Gasteiger partial charge in [-0.1, -0.05) is 63.6 Å². The van der Waals surface area contributed by atoms with Gasteiger partial charge in [-0.05, 0) is 47.2 Å². The number of benzene rings is 2. The van der Waals surface area contributed by atoms with E-state index >= 15 is 0 Å². The van der Waals surface area contributed by atoms with Gasteiger partial charge in [0, 0.05) is 5.02 Å². The third kappa shape index (κ3) is 4.05. The van der Waals surface area contributed by atoms with E-state index in [0.717, 1.165) is 11.1 Å². The lowest BCUT2D eigenvalue weighted by molar-refractivity contribution is -0.167. The van der Waals surface area contributed by atoms with E-state index in [1.165, 1.54) is 6.33 Å². The summed E-state index contributed by atoms with van der Waals surface area (Å²) in [6.07, 6.45) is 2.81. The van der Waals surface area contributed by atoms with Crippen LogP contribution in [-0.4, -0.2) is 25.5 Å². The Labute approximate surface area is 171 Å². The number of aliphatic hydroxyl groups is 1. The molecule has 0 fully saturated rings. The largest absolute Gasteiger partial charge is 0.466 e. The molecule has 3 aromatic rings. The lowest BCUT2D eigenvalue weighted by Gasteiger charge is -2.44. The van der Waals surface area contributed by atoms with E-state index < -0.39 is 17.2 Å². The molecule has 0 radical (unpaired) electrons. The Morgan fingerprint density at radius 1 is 1.04 bits per heavy atom. The van der Waals surface area contributed by atoms with Crippen molar-refractivity contribution in [1.29, 1.82) is 0 Å². The van der Waals surface area contributed by atoms with Crippen molar-refractivity contribution in [3.05, 3.63) is 66.2 Å². The summed E-state index contributed by atoms with van der Waals surface area (Å²) in [5, 5.41) is 16.4. The second-order valence-corrected chi connectivity index (χ2v) is 8.34. The molecule has 0 aliphatic heterocycles. The maximum Gasteiger partial charge on any atom is 0.221 e. The van der Waals surface area contributed by atoms with Gasteiger partial charge in [0.1, 0.15) is 24.0 Å². The Bertz CT molecular complexity index is 887. The summed E-state index contributed by atoms with van der Waals surface area (Å²) >= 11 is 5.97. The molecule has 0 bridgehead atoms. The molecule has 5 nitrogen and oxygen atoms in total. The predicted molar refractivity (Wildman–Crippen MR) is 111 cm³/mol. The van der Waals surface area contributed by atoms with Crippen LogP contribution in [0, 0.1) is 5.41 Å². The van der Waals surface area contributed by atoms with Crippen molar-refractivity contribution in [3.8, 4) is 16.9 Å². The fourth-order valence-electron chi connectivity index (χ4n) is 3.28. The Kier molecular flexibility index (Phi) is 5.77. The summed E-state index contributed by atoms with van der Waals surface area (Å²) in [7, 11) is 0. The summed E-state index contributed by atoms with van der Waals surface area (Å²) in [4.78, 5) is 4.03. The van der Waals surface area contributed by atoms with Gasteiger partial charge >= 0.3 is 0 Å². The lowest BCUT2D eigenvalue weighted by atomic mass is 9.73. The van der Waals surface area contributed by atoms with Crippen LogP contribution in [0.3, 0.4) is 0 Å². The van der Waals surface area contributed by atoms with Crippen molar-refractivity contribution in [2.75, 3.05) is 0 Å². The van der Waals surface area contributed by atoms with E-state index in [1.807, 2.05) is 76.2 Å². The highest BCUT2D eigenvalue weighted by molar-refractivity contribution is 6.30. The van der Waals surface area contributed by atoms with Crippen LogP contribution in [0.2, 0.25) is 5.02 Å². The van der Waals surface area contributed by atoms with Crippen LogP contribution in [0.5, 0.6) is 5.75 Å². The van der Waals surface area contributed by atoms with E-state index in [-0.39, 0.29) is 0 Å². The normalized spacial score (nSPS) is 15.1. The first-order chi connectivity index (χ1) is 13.2. The highest BCUT2D eigenvalue weighted by atomic mass is 35.5. The molecule has 1 N–H and O–H groups in total. The van der Waals surface area contributed by atoms with Gasteiger partial charge in [-0.3, -0.25) is 0 Å². The maximum absolute atomic E-state index is 11.5. The Morgan fingerprint density at radius 2 is 1.61 bits per heavy atom. The molecule has 0 spiro atoms. The SMILES string of the molecule is CCC(O)(C(Oc1ccc(-c2ccc(Cl)cc2)cc1)n1cncn1)C(C)(C)C. The van der Waals surface area contributed by atoms with Crippen molar-refractivity contribution in [2.45, 2.75) is 45.9 Å². The molecule has 1 heterocycles. The Hall–Kier alpha value is -2.37. The third-order valence-corrected chi connectivity index (χ3v) is 5.45. The summed E-state index contributed by atoms with van der Waals surface area (Å²) < 4.78 is 7.81. The van der Waals surface area contributed by atoms with Gasteiger partial charge in [-0.25, -0.2) is 9.67 Å². The smallest absolute Gasteiger partial charge is 0.221 e. The third-order valence-electron chi connectivity index (χ3n) is 5.20. The Morgan fingerprint density at radius 3 is 2.07 bits per heavy atom. The van der Waals surface area contributed by atoms with Crippen LogP contribution in [0.15, 0.2) is 61.2 Å². The van der Waals surface area contributed by atoms with Crippen LogP contribution in [-0.2, 0) is 0 Å². The van der Waals surface area contributed by atoms with Gasteiger partial charge in [0.15, 0.2) is 0 Å². The molecule has 148 valence electrons. The van der Waals surface area contributed by atoms with E-state index in [4.69, 9.17) is 16.3 Å². The molecule has 2 atom stereocenters. The molecular formula is C22H26ClN3O2. The molecule has 3 rings (SSSR count). The summed E-state index contributed by atoms with van der Waals surface area (Å²) in [6, 6.07) is 15.5. The van der Waals surface area contributed by atoms with E-state index in [9.17, 15) is 5.11 Å². The van der Waals surface area contributed by atoms with Crippen molar-refractivity contribution >= 4 is 11.6 Å². The lowest BCUT2D eigenvalue weighted by Crippen LogP contribution is -2.52. The molecule has 1 aromatic heterocycles. The monoisotopic (exact) mass is 399 g/mol. The minimum absolute atomic E-state index is 0.429. The topological polar surface area (TPSA) is 60.2 Å². The molecular weight excluding hydrogens is 374 g/mol. The van der Waals surface area contributed by atoms with Crippen molar-refractivity contribution in [3.63, 3.8) is 0 Å². The summed E-state index contributed by atoms with van der Waals surface area (Å²) in [5.74, 6) is 0.648. The van der Waals surface area contributed by atoms with Crippen LogP contribution in [0.25, 0.3) is 11.1 Å². The maximum atomic E-state index is 11.5. The molecule has 0 aliphatic rings. The zero-order valence-electron chi connectivity index (χ0n) is 16.6. The first-order valence-electron chi connectivity index (χ1n) is 9.34. The van der Waals surface area contributed by atoms with Gasteiger partial charge in [-0.15, -0.1) is 0 Å². The molecule has 0 amide bonds. The zero-order valence-corrected chi connectivity index (χ0v) is 17.4. The second-order valence-electron chi connectivity index (χ2n) is 7.90. The number of ether oxygens (including phenoxy) is 1. The number of hydrogen-bond donors (Lipinski definition) is 1. The van der Waals surface area contributed by atoms with Crippen molar-refractivity contribution in [2.24, 2.45) is 5.41 Å². The fraction of sp³-hybridized carbons (Fsp3) is 0.364. The molecule has 0 aliphatic carbocycles. The molecule has 2 aromatic carbocycles. The van der Waals surface area contributed by atoms with Gasteiger partial charge in [0.25, 0.3) is 0 Å². The molecule has 0 saturated heterocycles. The average molecular weight is 400 g/mol. The highest BCUT2D eigenvalue weighted by Crippen LogP contribution is 2.42. The molecule has 0 saturated carbocycles. The van der Waals surface area contributed by atoms with E-state index in [2.05, 4.69) is 10.1 Å². The second kappa shape index (κ2) is 7.94. The van der Waals surface area contributed by atoms with Gasteiger partial charge in [0.2, 0.25) is 6.23 Å². The molecule has 28 heavy (non-hydrogen) atoms. The van der Waals surface area contributed by atoms with Gasteiger partial charge in [-0.2, -0.15) is 5.10 Å². The van der Waals surface area contributed by atoms with Crippen molar-refractivity contribution < 1.29 is 9.84 Å². The highest BCUT2D eigenvalue weighted by Gasteiger charge is 2.48. The zero-order chi connectivity index (χ0) is 20.4. The number of aromatic nitrogens is 3. The predicted octanol–water partition coefficient (Wildman–Crippen LogP) is 5.36. The molecule has 6 heteroatoms. The van der Waals surface area contributed by atoms with Gasteiger partial charge in [0.05, 0.1) is 0 Å². The first-order valence-corrected chi connectivity index (χ1v) is 9.71. The Balaban J connectivity index is 1.90. The minimum atomic E-state index is -1.14. The van der Waals surface area contributed by atoms with Crippen LogP contribution in [0.4, 0.5) is 0 Å². The summed E-state index contributed by atoms with van der Waals surface area (Å²) in [6.45, 7) is 7.93. The number of rotatable bonds is 6. The summed E-state index contributed by atoms with van der Waals surface area (Å²) in [5.41, 5.74) is 0.559. The number of halogens is 1. The van der Waals surface area contributed by atoms with Crippen molar-refractivity contribution in [1.82, 2.24) is 14.8 Å². The van der Waals surface area contributed by atoms with Crippen LogP contribution < -0.4 is 4.74 Å². The number of hydrogen-bond acceptors (Lipinski definition) is 4. The minimum Gasteiger partial charge on any atom is -0.466 e. The quantitative estimate of drug-likeness (QED) is 0.605. The number of nitrogens with zero attached hydrogens (tertiary/aromatic N) is 3. The fourth-order valence-corrected chi connectivity index (χ4v) is 3.41. The van der Waals surface area contributed by atoms with E-state index in [0.29, 0.717) is 17.2 Å². The first kappa shape index (κ1) is 20.4. The van der Waals surface area contributed by atoms with Crippen LogP contribution in [0.1, 0.15) is 40.3 Å². The van der Waals surface area contributed by atoms with E-state index in [1.54, 1.807) is 11.0 Å². The van der Waals surface area contributed by atoms with Crippen LogP contribution >= 0.6 is 11.6 Å². The standard InChI is InChI=1S/C22H26ClN3O2/c1-5-22(27,21(2,3)4)20(26-15-24-14-25-26)28-19-12-8-17(9-13-19)16-6-10-18(23)11-7-16/h6-15,20,27H,5H2,1-4H3. The van der Waals surface area contributed by atoms with Gasteiger partial charge < -0.3 is 9.84 Å². The molecule has 2 unspecified atom stereocenters. The average Bonchev–Trinajstić information content (AvgIpc) is 3.20.